The molecule has 0 fully saturated rings. The third kappa shape index (κ3) is 3.24. The van der Waals surface area contributed by atoms with Gasteiger partial charge in [0.05, 0.1) is 5.69 Å². The standard InChI is InChI=1S/C12H17N3O4S/c1-4-5-11-13-12(19-15-11)9(3)20(16,17)7-10-6-8(2)14-18-10/h6,9H,4-5,7H2,1-3H3/t9-/m0/s1. The molecule has 0 amide bonds. The first-order valence-corrected chi connectivity index (χ1v) is 8.10. The van der Waals surface area contributed by atoms with Gasteiger partial charge in [0.2, 0.25) is 5.89 Å². The molecule has 110 valence electrons. The van der Waals surface area contributed by atoms with Gasteiger partial charge in [-0.1, -0.05) is 17.2 Å². The predicted octanol–water partition coefficient (Wildman–Crippen LogP) is 1.99. The van der Waals surface area contributed by atoms with E-state index in [2.05, 4.69) is 15.3 Å². The molecule has 0 radical (unpaired) electrons. The normalized spacial score (nSPS) is 13.6. The topological polar surface area (TPSA) is 99.1 Å². The number of aromatic nitrogens is 3. The lowest BCUT2D eigenvalue weighted by Gasteiger charge is -2.06. The maximum absolute atomic E-state index is 12.3. The summed E-state index contributed by atoms with van der Waals surface area (Å²) < 4.78 is 34.5. The molecule has 0 saturated carbocycles. The Morgan fingerprint density at radius 1 is 1.30 bits per heavy atom. The highest BCUT2D eigenvalue weighted by Gasteiger charge is 2.29. The molecular formula is C12H17N3O4S. The van der Waals surface area contributed by atoms with Crippen molar-refractivity contribution in [2.24, 2.45) is 0 Å². The fourth-order valence-electron chi connectivity index (χ4n) is 1.72. The van der Waals surface area contributed by atoms with Crippen LogP contribution in [0.25, 0.3) is 0 Å². The highest BCUT2D eigenvalue weighted by atomic mass is 32.2. The van der Waals surface area contributed by atoms with Crippen molar-refractivity contribution in [1.29, 1.82) is 0 Å². The van der Waals surface area contributed by atoms with Crippen molar-refractivity contribution in [3.8, 4) is 0 Å². The number of nitrogens with zero attached hydrogens (tertiary/aromatic N) is 3. The molecule has 20 heavy (non-hydrogen) atoms. The Morgan fingerprint density at radius 2 is 2.05 bits per heavy atom. The van der Waals surface area contributed by atoms with E-state index >= 15 is 0 Å². The quantitative estimate of drug-likeness (QED) is 0.804. The van der Waals surface area contributed by atoms with Crippen molar-refractivity contribution in [1.82, 2.24) is 15.3 Å². The fourth-order valence-corrected chi connectivity index (χ4v) is 2.90. The lowest BCUT2D eigenvalue weighted by atomic mass is 10.3. The minimum absolute atomic E-state index is 0.115. The van der Waals surface area contributed by atoms with Gasteiger partial charge in [-0.25, -0.2) is 8.42 Å². The van der Waals surface area contributed by atoms with Crippen LogP contribution in [-0.4, -0.2) is 23.7 Å². The van der Waals surface area contributed by atoms with Crippen LogP contribution < -0.4 is 0 Å². The summed E-state index contributed by atoms with van der Waals surface area (Å²) >= 11 is 0. The van der Waals surface area contributed by atoms with Gasteiger partial charge in [0.1, 0.15) is 11.0 Å². The second-order valence-corrected chi connectivity index (χ2v) is 7.00. The van der Waals surface area contributed by atoms with Gasteiger partial charge in [0.25, 0.3) is 0 Å². The van der Waals surface area contributed by atoms with Crippen molar-refractivity contribution in [3.63, 3.8) is 0 Å². The van der Waals surface area contributed by atoms with E-state index in [1.54, 1.807) is 13.0 Å². The Morgan fingerprint density at radius 3 is 2.65 bits per heavy atom. The van der Waals surface area contributed by atoms with Crippen LogP contribution in [0.15, 0.2) is 15.1 Å². The van der Waals surface area contributed by atoms with E-state index in [1.807, 2.05) is 6.92 Å². The van der Waals surface area contributed by atoms with E-state index < -0.39 is 15.1 Å². The molecule has 0 aliphatic rings. The second-order valence-electron chi connectivity index (χ2n) is 4.68. The zero-order chi connectivity index (χ0) is 14.8. The van der Waals surface area contributed by atoms with Crippen LogP contribution in [0.1, 0.15) is 48.7 Å². The van der Waals surface area contributed by atoms with Gasteiger partial charge in [-0.15, -0.1) is 0 Å². The molecule has 0 unspecified atom stereocenters. The first kappa shape index (κ1) is 14.7. The van der Waals surface area contributed by atoms with Crippen LogP contribution in [-0.2, 0) is 22.0 Å². The van der Waals surface area contributed by atoms with E-state index in [0.717, 1.165) is 6.42 Å². The van der Waals surface area contributed by atoms with Crippen LogP contribution in [0.5, 0.6) is 0 Å². The van der Waals surface area contributed by atoms with Gasteiger partial charge in [-0.2, -0.15) is 4.98 Å². The largest absolute Gasteiger partial charge is 0.360 e. The summed E-state index contributed by atoms with van der Waals surface area (Å²) in [6.45, 7) is 5.25. The molecule has 2 heterocycles. The molecule has 1 atom stereocenters. The Bertz CT molecular complexity index is 674. The van der Waals surface area contributed by atoms with Gasteiger partial charge < -0.3 is 9.05 Å². The molecule has 8 heteroatoms. The van der Waals surface area contributed by atoms with Crippen molar-refractivity contribution in [2.45, 2.75) is 44.6 Å². The average Bonchev–Trinajstić information content (AvgIpc) is 2.98. The summed E-state index contributed by atoms with van der Waals surface area (Å²) in [5, 5.41) is 6.57. The predicted molar refractivity (Wildman–Crippen MR) is 70.6 cm³/mol. The SMILES string of the molecule is CCCc1noc([C@H](C)S(=O)(=O)Cc2cc(C)no2)n1. The van der Waals surface area contributed by atoms with Gasteiger partial charge in [0, 0.05) is 12.5 Å². The molecule has 0 aromatic carbocycles. The average molecular weight is 299 g/mol. The van der Waals surface area contributed by atoms with E-state index in [0.29, 0.717) is 23.7 Å². The van der Waals surface area contributed by atoms with E-state index in [-0.39, 0.29) is 11.6 Å². The molecule has 0 aliphatic heterocycles. The van der Waals surface area contributed by atoms with Crippen LogP contribution in [0.3, 0.4) is 0 Å². The smallest absolute Gasteiger partial charge is 0.244 e. The summed E-state index contributed by atoms with van der Waals surface area (Å²) in [5.41, 5.74) is 0.644. The third-order valence-corrected chi connectivity index (χ3v) is 4.83. The van der Waals surface area contributed by atoms with E-state index in [1.165, 1.54) is 6.92 Å². The van der Waals surface area contributed by atoms with E-state index in [9.17, 15) is 8.42 Å². The van der Waals surface area contributed by atoms with Crippen molar-refractivity contribution < 1.29 is 17.5 Å². The zero-order valence-electron chi connectivity index (χ0n) is 11.7. The first-order valence-electron chi connectivity index (χ1n) is 6.38. The minimum atomic E-state index is -3.48. The van der Waals surface area contributed by atoms with Crippen LogP contribution >= 0.6 is 0 Å². The molecule has 0 saturated heterocycles. The molecule has 0 N–H and O–H groups in total. The van der Waals surface area contributed by atoms with Crippen molar-refractivity contribution in [3.05, 3.63) is 29.2 Å². The second kappa shape index (κ2) is 5.74. The molecule has 0 aliphatic carbocycles. The summed E-state index contributed by atoms with van der Waals surface area (Å²) in [6, 6.07) is 1.60. The number of sulfone groups is 1. The zero-order valence-corrected chi connectivity index (χ0v) is 12.5. The first-order chi connectivity index (χ1) is 9.42. The summed E-state index contributed by atoms with van der Waals surface area (Å²) in [6.07, 6.45) is 1.54. The number of hydrogen-bond acceptors (Lipinski definition) is 7. The molecule has 2 aromatic rings. The molecule has 0 bridgehead atoms. The van der Waals surface area contributed by atoms with Gasteiger partial charge in [-0.3, -0.25) is 0 Å². The molecule has 7 nitrogen and oxygen atoms in total. The maximum Gasteiger partial charge on any atom is 0.244 e. The van der Waals surface area contributed by atoms with Crippen molar-refractivity contribution >= 4 is 9.84 Å². The van der Waals surface area contributed by atoms with E-state index in [4.69, 9.17) is 9.05 Å². The van der Waals surface area contributed by atoms with Crippen LogP contribution in [0.4, 0.5) is 0 Å². The van der Waals surface area contributed by atoms with Crippen molar-refractivity contribution in [2.75, 3.05) is 0 Å². The number of hydrogen-bond donors (Lipinski definition) is 0. The highest BCUT2D eigenvalue weighted by molar-refractivity contribution is 7.90. The summed E-state index contributed by atoms with van der Waals surface area (Å²) in [4.78, 5) is 4.11. The van der Waals surface area contributed by atoms with Crippen LogP contribution in [0, 0.1) is 6.92 Å². The Hall–Kier alpha value is -1.70. The number of rotatable bonds is 6. The summed E-state index contributed by atoms with van der Waals surface area (Å²) in [5.74, 6) is 0.716. The molecule has 2 aromatic heterocycles. The van der Waals surface area contributed by atoms with Gasteiger partial charge in [-0.05, 0) is 20.3 Å². The van der Waals surface area contributed by atoms with Gasteiger partial charge >= 0.3 is 0 Å². The lowest BCUT2D eigenvalue weighted by Crippen LogP contribution is -2.13. The number of aryl methyl sites for hydroxylation is 2. The maximum atomic E-state index is 12.3. The Balaban J connectivity index is 2.15. The Kier molecular flexibility index (Phi) is 4.22. The fraction of sp³-hybridized carbons (Fsp3) is 0.583. The molecule has 2 rings (SSSR count). The summed E-state index contributed by atoms with van der Waals surface area (Å²) in [7, 11) is -3.48. The molecular weight excluding hydrogens is 282 g/mol. The third-order valence-electron chi connectivity index (χ3n) is 2.86. The highest BCUT2D eigenvalue weighted by Crippen LogP contribution is 2.24. The lowest BCUT2D eigenvalue weighted by molar-refractivity contribution is 0.369. The van der Waals surface area contributed by atoms with Gasteiger partial charge in [0.15, 0.2) is 21.4 Å². The monoisotopic (exact) mass is 299 g/mol. The minimum Gasteiger partial charge on any atom is -0.360 e. The van der Waals surface area contributed by atoms with Crippen LogP contribution in [0.2, 0.25) is 0 Å². The molecule has 0 spiro atoms. The Labute approximate surface area is 117 Å².